The Morgan fingerprint density at radius 2 is 2.12 bits per heavy atom. The average Bonchev–Trinajstić information content (AvgIpc) is 2.54. The zero-order valence-electron chi connectivity index (χ0n) is 13.0. The van der Waals surface area contributed by atoms with Crippen molar-refractivity contribution in [2.24, 2.45) is 5.73 Å². The molecule has 6 nitrogen and oxygen atoms in total. The zero-order valence-corrected chi connectivity index (χ0v) is 15.5. The van der Waals surface area contributed by atoms with Crippen molar-refractivity contribution >= 4 is 48.2 Å². The van der Waals surface area contributed by atoms with Gasteiger partial charge < -0.3 is 15.8 Å². The van der Waals surface area contributed by atoms with Gasteiger partial charge in [-0.2, -0.15) is 16.9 Å². The molecule has 0 bridgehead atoms. The predicted molar refractivity (Wildman–Crippen MR) is 103 cm³/mol. The molecule has 9 heteroatoms. The average molecular weight is 391 g/mol. The van der Waals surface area contributed by atoms with Crippen LogP contribution >= 0.6 is 36.6 Å². The minimum absolute atomic E-state index is 0. The van der Waals surface area contributed by atoms with Crippen molar-refractivity contribution < 1.29 is 9.53 Å². The first kappa shape index (κ1) is 22.5. The molecule has 0 spiro atoms. The molecule has 0 saturated heterocycles. The molecule has 0 aliphatic heterocycles. The van der Waals surface area contributed by atoms with Crippen LogP contribution in [0.2, 0.25) is 0 Å². The number of halogens is 2. The number of ether oxygens (including phenoxy) is 1. The van der Waals surface area contributed by atoms with Crippen molar-refractivity contribution in [1.82, 2.24) is 10.2 Å². The summed E-state index contributed by atoms with van der Waals surface area (Å²) in [6.07, 6.45) is 4.19. The van der Waals surface area contributed by atoms with E-state index in [0.717, 1.165) is 5.75 Å². The standard InChI is InChI=1S/C15H18N4O2S.2ClH/c1-22-9-7-13(16)15(20)18-11-4-2-5-12(10-11)21-14-6-3-8-17-19-14;;/h2-6,8,10,13H,7,9,16H2,1H3,(H,18,20);2*1H/t13-;;/m0../s1. The second-order valence-corrected chi connectivity index (χ2v) is 5.55. The van der Waals surface area contributed by atoms with Crippen LogP contribution in [0.15, 0.2) is 42.6 Å². The molecule has 132 valence electrons. The Labute approximate surface area is 157 Å². The molecule has 2 rings (SSSR count). The minimum Gasteiger partial charge on any atom is -0.437 e. The minimum atomic E-state index is -0.517. The number of hydrogen-bond acceptors (Lipinski definition) is 6. The van der Waals surface area contributed by atoms with Gasteiger partial charge in [0.25, 0.3) is 0 Å². The summed E-state index contributed by atoms with van der Waals surface area (Å²) in [5.41, 5.74) is 6.47. The number of nitrogens with zero attached hydrogens (tertiary/aromatic N) is 2. The number of anilines is 1. The molecule has 1 amide bonds. The maximum atomic E-state index is 12.0. The van der Waals surface area contributed by atoms with Crippen LogP contribution in [0.3, 0.4) is 0 Å². The first-order valence-corrected chi connectivity index (χ1v) is 8.19. The van der Waals surface area contributed by atoms with Crippen LogP contribution in [0.4, 0.5) is 5.69 Å². The molecule has 1 atom stereocenters. The van der Waals surface area contributed by atoms with Crippen LogP contribution in [0.5, 0.6) is 11.6 Å². The summed E-state index contributed by atoms with van der Waals surface area (Å²) in [6, 6.07) is 9.98. The highest BCUT2D eigenvalue weighted by atomic mass is 35.5. The highest BCUT2D eigenvalue weighted by Crippen LogP contribution is 2.22. The molecule has 0 aliphatic carbocycles. The van der Waals surface area contributed by atoms with Crippen LogP contribution in [0.25, 0.3) is 0 Å². The molecule has 24 heavy (non-hydrogen) atoms. The van der Waals surface area contributed by atoms with Crippen LogP contribution < -0.4 is 15.8 Å². The summed E-state index contributed by atoms with van der Waals surface area (Å²) < 4.78 is 5.57. The van der Waals surface area contributed by atoms with Gasteiger partial charge in [-0.25, -0.2) is 0 Å². The molecular weight excluding hydrogens is 371 g/mol. The van der Waals surface area contributed by atoms with E-state index in [2.05, 4.69) is 15.5 Å². The number of nitrogens with one attached hydrogen (secondary N) is 1. The van der Waals surface area contributed by atoms with E-state index in [9.17, 15) is 4.79 Å². The molecule has 1 heterocycles. The Balaban J connectivity index is 0.00000264. The summed E-state index contributed by atoms with van der Waals surface area (Å²) in [4.78, 5) is 12.0. The summed E-state index contributed by atoms with van der Waals surface area (Å²) in [5.74, 6) is 1.61. The fraction of sp³-hybridized carbons (Fsp3) is 0.267. The van der Waals surface area contributed by atoms with E-state index in [1.807, 2.05) is 6.26 Å². The van der Waals surface area contributed by atoms with Crippen molar-refractivity contribution in [2.75, 3.05) is 17.3 Å². The van der Waals surface area contributed by atoms with Crippen molar-refractivity contribution in [2.45, 2.75) is 12.5 Å². The van der Waals surface area contributed by atoms with E-state index in [1.54, 1.807) is 54.4 Å². The van der Waals surface area contributed by atoms with E-state index < -0.39 is 6.04 Å². The molecule has 2 aromatic rings. The van der Waals surface area contributed by atoms with Gasteiger partial charge in [-0.05, 0) is 36.6 Å². The molecule has 0 radical (unpaired) electrons. The summed E-state index contributed by atoms with van der Waals surface area (Å²) >= 11 is 1.66. The number of hydrogen-bond donors (Lipinski definition) is 2. The van der Waals surface area contributed by atoms with Gasteiger partial charge in [0.2, 0.25) is 11.8 Å². The van der Waals surface area contributed by atoms with Gasteiger partial charge in [-0.3, -0.25) is 4.79 Å². The molecule has 0 fully saturated rings. The van der Waals surface area contributed by atoms with Crippen LogP contribution in [0, 0.1) is 0 Å². The van der Waals surface area contributed by atoms with Gasteiger partial charge in [0, 0.05) is 24.0 Å². The SMILES string of the molecule is CSCC[C@H](N)C(=O)Nc1cccc(Oc2cccnn2)c1.Cl.Cl. The lowest BCUT2D eigenvalue weighted by Gasteiger charge is -2.12. The number of aromatic nitrogens is 2. The topological polar surface area (TPSA) is 90.1 Å². The molecule has 0 unspecified atom stereocenters. The van der Waals surface area contributed by atoms with Crippen molar-refractivity contribution in [3.63, 3.8) is 0 Å². The van der Waals surface area contributed by atoms with Crippen LogP contribution in [-0.4, -0.2) is 34.2 Å². The Bertz CT molecular complexity index is 619. The highest BCUT2D eigenvalue weighted by molar-refractivity contribution is 7.98. The third-order valence-electron chi connectivity index (χ3n) is 2.84. The number of nitrogens with two attached hydrogens (primary N) is 1. The Kier molecular flexibility index (Phi) is 11.1. The van der Waals surface area contributed by atoms with Gasteiger partial charge in [-0.15, -0.1) is 29.9 Å². The van der Waals surface area contributed by atoms with Crippen molar-refractivity contribution in [1.29, 1.82) is 0 Å². The predicted octanol–water partition coefficient (Wildman–Crippen LogP) is 3.13. The summed E-state index contributed by atoms with van der Waals surface area (Å²) in [6.45, 7) is 0. The van der Waals surface area contributed by atoms with Gasteiger partial charge in [-0.1, -0.05) is 6.07 Å². The smallest absolute Gasteiger partial charge is 0.241 e. The van der Waals surface area contributed by atoms with Crippen LogP contribution in [0.1, 0.15) is 6.42 Å². The highest BCUT2D eigenvalue weighted by Gasteiger charge is 2.13. The normalized spacial score (nSPS) is 10.8. The molecule has 3 N–H and O–H groups in total. The van der Waals surface area contributed by atoms with Crippen LogP contribution in [-0.2, 0) is 4.79 Å². The zero-order chi connectivity index (χ0) is 15.8. The third kappa shape index (κ3) is 7.35. The number of thioether (sulfide) groups is 1. The molecular formula is C15H20Cl2N4O2S. The quantitative estimate of drug-likeness (QED) is 0.754. The lowest BCUT2D eigenvalue weighted by molar-refractivity contribution is -0.117. The number of benzene rings is 1. The molecule has 1 aromatic carbocycles. The summed E-state index contributed by atoms with van der Waals surface area (Å²) in [5, 5.41) is 10.4. The Hall–Kier alpha value is -1.54. The largest absolute Gasteiger partial charge is 0.437 e. The number of carbonyl (C=O) groups excluding carboxylic acids is 1. The Morgan fingerprint density at radius 3 is 2.79 bits per heavy atom. The van der Waals surface area contributed by atoms with Gasteiger partial charge >= 0.3 is 0 Å². The number of rotatable bonds is 7. The van der Waals surface area contributed by atoms with E-state index >= 15 is 0 Å². The van der Waals surface area contributed by atoms with Gasteiger partial charge in [0.1, 0.15) is 5.75 Å². The number of carbonyl (C=O) groups is 1. The lowest BCUT2D eigenvalue weighted by Crippen LogP contribution is -2.36. The monoisotopic (exact) mass is 390 g/mol. The second kappa shape index (κ2) is 11.9. The summed E-state index contributed by atoms with van der Waals surface area (Å²) in [7, 11) is 0. The fourth-order valence-corrected chi connectivity index (χ4v) is 2.20. The van der Waals surface area contributed by atoms with E-state index in [4.69, 9.17) is 10.5 Å². The van der Waals surface area contributed by atoms with Gasteiger partial charge in [0.05, 0.1) is 6.04 Å². The molecule has 1 aromatic heterocycles. The molecule has 0 saturated carbocycles. The third-order valence-corrected chi connectivity index (χ3v) is 3.49. The van der Waals surface area contributed by atoms with E-state index in [1.165, 1.54) is 0 Å². The maximum absolute atomic E-state index is 12.0. The maximum Gasteiger partial charge on any atom is 0.241 e. The Morgan fingerprint density at radius 1 is 1.33 bits per heavy atom. The fourth-order valence-electron chi connectivity index (χ4n) is 1.71. The van der Waals surface area contributed by atoms with E-state index in [0.29, 0.717) is 23.7 Å². The second-order valence-electron chi connectivity index (χ2n) is 4.57. The van der Waals surface area contributed by atoms with Crippen molar-refractivity contribution in [3.8, 4) is 11.6 Å². The first-order valence-electron chi connectivity index (χ1n) is 6.80. The molecule has 0 aliphatic rings. The van der Waals surface area contributed by atoms with E-state index in [-0.39, 0.29) is 30.7 Å². The van der Waals surface area contributed by atoms with Crippen molar-refractivity contribution in [3.05, 3.63) is 42.6 Å². The first-order chi connectivity index (χ1) is 10.7. The van der Waals surface area contributed by atoms with Gasteiger partial charge in [0.15, 0.2) is 0 Å². The number of amides is 1. The lowest BCUT2D eigenvalue weighted by atomic mass is 10.2.